The molecule has 0 aromatic rings. The lowest BCUT2D eigenvalue weighted by Crippen LogP contribution is -2.03. The zero-order valence-electron chi connectivity index (χ0n) is 5.32. The van der Waals surface area contributed by atoms with Gasteiger partial charge in [0.1, 0.15) is 6.29 Å². The number of carbonyl (C=O) groups excluding carboxylic acids is 1. The molecule has 0 saturated heterocycles. The molecule has 0 aliphatic heterocycles. The summed E-state index contributed by atoms with van der Waals surface area (Å²) >= 11 is 0. The van der Waals surface area contributed by atoms with Crippen LogP contribution in [0.1, 0.15) is 6.92 Å². The monoisotopic (exact) mass is 136 g/mol. The Hall–Kier alpha value is -0.450. The molecule has 0 spiro atoms. The van der Waals surface area contributed by atoms with Crippen LogP contribution < -0.4 is 0 Å². The molecule has 0 aliphatic rings. The van der Waals surface area contributed by atoms with E-state index in [4.69, 9.17) is 20.1 Å². The molecule has 0 radical (unpaired) electrons. The van der Waals surface area contributed by atoms with Gasteiger partial charge in [0.05, 0.1) is 19.3 Å². The van der Waals surface area contributed by atoms with Crippen molar-refractivity contribution in [3.8, 4) is 0 Å². The predicted octanol–water partition coefficient (Wildman–Crippen LogP) is -1.46. The Kier molecular flexibility index (Phi) is 13.3. The van der Waals surface area contributed by atoms with E-state index < -0.39 is 6.10 Å². The van der Waals surface area contributed by atoms with Gasteiger partial charge in [-0.1, -0.05) is 0 Å². The summed E-state index contributed by atoms with van der Waals surface area (Å²) in [5.74, 6) is 0. The first-order valence-corrected chi connectivity index (χ1v) is 2.52. The third-order valence-electron chi connectivity index (χ3n) is 0.339. The summed E-state index contributed by atoms with van der Waals surface area (Å²) in [5.41, 5.74) is 0. The molecular weight excluding hydrogens is 124 g/mol. The van der Waals surface area contributed by atoms with Gasteiger partial charge in [0.25, 0.3) is 0 Å². The maximum Gasteiger partial charge on any atom is 0.145 e. The van der Waals surface area contributed by atoms with E-state index in [-0.39, 0.29) is 13.2 Å². The quantitative estimate of drug-likeness (QED) is 0.405. The summed E-state index contributed by atoms with van der Waals surface area (Å²) in [6, 6.07) is 0. The smallest absolute Gasteiger partial charge is 0.145 e. The van der Waals surface area contributed by atoms with Crippen LogP contribution >= 0.6 is 0 Å². The summed E-state index contributed by atoms with van der Waals surface area (Å²) in [6.07, 6.45) is -0.130. The summed E-state index contributed by atoms with van der Waals surface area (Å²) in [7, 11) is 0. The molecule has 0 amide bonds. The van der Waals surface area contributed by atoms with Crippen LogP contribution in [0, 0.1) is 0 Å². The predicted molar refractivity (Wildman–Crippen MR) is 31.9 cm³/mol. The van der Waals surface area contributed by atoms with Crippen LogP contribution in [0.2, 0.25) is 0 Å². The first-order chi connectivity index (χ1) is 4.18. The Balaban J connectivity index is 0. The number of aliphatic hydroxyl groups is 3. The number of hydrogen-bond acceptors (Lipinski definition) is 4. The molecule has 0 heterocycles. The van der Waals surface area contributed by atoms with Gasteiger partial charge in [0, 0.05) is 0 Å². The van der Waals surface area contributed by atoms with Crippen LogP contribution in [-0.4, -0.2) is 40.9 Å². The Labute approximate surface area is 53.7 Å². The number of aliphatic hydroxyl groups excluding tert-OH is 3. The van der Waals surface area contributed by atoms with Crippen LogP contribution in [0.25, 0.3) is 0 Å². The van der Waals surface area contributed by atoms with E-state index in [9.17, 15) is 0 Å². The summed E-state index contributed by atoms with van der Waals surface area (Å²) in [5, 5.41) is 23.5. The second-order valence-corrected chi connectivity index (χ2v) is 1.38. The molecule has 0 unspecified atom stereocenters. The highest BCUT2D eigenvalue weighted by Crippen LogP contribution is 1.68. The van der Waals surface area contributed by atoms with Crippen molar-refractivity contribution in [1.82, 2.24) is 0 Å². The zero-order valence-corrected chi connectivity index (χ0v) is 5.32. The van der Waals surface area contributed by atoms with Crippen molar-refractivity contribution in [2.24, 2.45) is 0 Å². The van der Waals surface area contributed by atoms with Crippen LogP contribution in [0.5, 0.6) is 0 Å². The first-order valence-electron chi connectivity index (χ1n) is 2.52. The lowest BCUT2D eigenvalue weighted by atomic mass is 10.5. The van der Waals surface area contributed by atoms with Gasteiger partial charge in [0.15, 0.2) is 0 Å². The van der Waals surface area contributed by atoms with Crippen molar-refractivity contribution in [1.29, 1.82) is 0 Å². The van der Waals surface area contributed by atoms with Crippen molar-refractivity contribution < 1.29 is 20.1 Å². The van der Waals surface area contributed by atoms with E-state index in [0.29, 0.717) is 6.29 Å². The van der Waals surface area contributed by atoms with Crippen LogP contribution in [0.4, 0.5) is 0 Å². The number of aldehydes is 1. The van der Waals surface area contributed by atoms with Crippen LogP contribution in [0.15, 0.2) is 0 Å². The van der Waals surface area contributed by atoms with E-state index in [1.165, 1.54) is 6.92 Å². The lowest BCUT2D eigenvalue weighted by molar-refractivity contribution is -0.110. The van der Waals surface area contributed by atoms with Crippen molar-refractivity contribution in [3.63, 3.8) is 0 Å². The molecule has 0 aliphatic carbocycles. The first kappa shape index (κ1) is 11.4. The minimum absolute atomic E-state index is 0.139. The Morgan fingerprint density at radius 2 is 1.78 bits per heavy atom. The highest BCUT2D eigenvalue weighted by Gasteiger charge is 1.83. The summed E-state index contributed by atoms with van der Waals surface area (Å²) in [6.45, 7) is 1.03. The van der Waals surface area contributed by atoms with Gasteiger partial charge in [-0.3, -0.25) is 0 Å². The van der Waals surface area contributed by atoms with Crippen molar-refractivity contribution in [2.75, 3.05) is 13.2 Å². The van der Waals surface area contributed by atoms with Gasteiger partial charge in [0.2, 0.25) is 0 Å². The number of carbonyl (C=O) groups is 1. The third-order valence-corrected chi connectivity index (χ3v) is 0.339. The topological polar surface area (TPSA) is 77.8 Å². The fraction of sp³-hybridized carbons (Fsp3) is 0.800. The van der Waals surface area contributed by atoms with E-state index >= 15 is 0 Å². The average molecular weight is 136 g/mol. The lowest BCUT2D eigenvalue weighted by Gasteiger charge is -1.90. The van der Waals surface area contributed by atoms with Gasteiger partial charge in [-0.05, 0) is 6.92 Å². The van der Waals surface area contributed by atoms with Crippen LogP contribution in [-0.2, 0) is 4.79 Å². The second-order valence-electron chi connectivity index (χ2n) is 1.38. The maximum absolute atomic E-state index is 8.92. The molecule has 9 heavy (non-hydrogen) atoms. The minimum Gasteiger partial charge on any atom is -0.394 e. The molecule has 4 heteroatoms. The van der Waals surface area contributed by atoms with Crippen molar-refractivity contribution in [2.45, 2.75) is 13.0 Å². The molecule has 0 saturated carbocycles. The van der Waals surface area contributed by atoms with Gasteiger partial charge < -0.3 is 20.1 Å². The Bertz CT molecular complexity index is 52.9. The maximum atomic E-state index is 8.92. The van der Waals surface area contributed by atoms with Gasteiger partial charge in [-0.25, -0.2) is 0 Å². The van der Waals surface area contributed by atoms with E-state index in [0.717, 1.165) is 0 Å². The number of hydrogen-bond donors (Lipinski definition) is 3. The largest absolute Gasteiger partial charge is 0.394 e. The highest BCUT2D eigenvalue weighted by atomic mass is 16.3. The molecule has 0 rings (SSSR count). The summed E-state index contributed by atoms with van der Waals surface area (Å²) < 4.78 is 0. The van der Waals surface area contributed by atoms with Gasteiger partial charge in [-0.2, -0.15) is 0 Å². The highest BCUT2D eigenvalue weighted by molar-refractivity contribution is 5.49. The molecule has 56 valence electrons. The van der Waals surface area contributed by atoms with Crippen LogP contribution in [0.3, 0.4) is 0 Å². The molecule has 0 fully saturated rings. The standard InChI is InChI=1S/C3H8O2.C2H4O2/c1-3(5)2-4;3-1-2-4/h3-5H,2H2,1H3;1,4H,2H2/t3-;/m1./s1. The fourth-order valence-electron chi connectivity index (χ4n) is 0. The van der Waals surface area contributed by atoms with E-state index in [2.05, 4.69) is 0 Å². The fourth-order valence-corrected chi connectivity index (χ4v) is 0. The van der Waals surface area contributed by atoms with Crippen molar-refractivity contribution in [3.05, 3.63) is 0 Å². The molecule has 4 nitrogen and oxygen atoms in total. The minimum atomic E-state index is -0.560. The Morgan fingerprint density at radius 1 is 1.56 bits per heavy atom. The SMILES string of the molecule is C[C@@H](O)CO.O=CCO. The zero-order chi connectivity index (χ0) is 7.70. The average Bonchev–Trinajstić information content (AvgIpc) is 1.89. The summed E-state index contributed by atoms with van der Waals surface area (Å²) in [4.78, 5) is 8.92. The molecule has 3 N–H and O–H groups in total. The van der Waals surface area contributed by atoms with E-state index in [1.54, 1.807) is 0 Å². The van der Waals surface area contributed by atoms with Crippen molar-refractivity contribution >= 4 is 6.29 Å². The Morgan fingerprint density at radius 3 is 1.78 bits per heavy atom. The van der Waals surface area contributed by atoms with Gasteiger partial charge in [-0.15, -0.1) is 0 Å². The molecule has 0 bridgehead atoms. The third kappa shape index (κ3) is 35.8. The molecule has 1 atom stereocenters. The molecule has 0 aromatic carbocycles. The number of rotatable bonds is 2. The molecule has 0 aromatic heterocycles. The second kappa shape index (κ2) is 10.5. The van der Waals surface area contributed by atoms with Gasteiger partial charge >= 0.3 is 0 Å². The van der Waals surface area contributed by atoms with E-state index in [1.807, 2.05) is 0 Å². The molecular formula is C5H12O4. The normalized spacial score (nSPS) is 11.1.